The van der Waals surface area contributed by atoms with Gasteiger partial charge in [-0.15, -0.1) is 0 Å². The molecule has 124 valence electrons. The fourth-order valence-corrected chi connectivity index (χ4v) is 3.66. The SMILES string of the molecule is CCCC(C)COCCC1CCCC1(NC(C)C)C(N)=O. The number of hydrogen-bond acceptors (Lipinski definition) is 3. The molecule has 0 heterocycles. The Hall–Kier alpha value is -0.610. The zero-order valence-electron chi connectivity index (χ0n) is 14.3. The summed E-state index contributed by atoms with van der Waals surface area (Å²) in [6, 6.07) is 0.267. The van der Waals surface area contributed by atoms with Crippen LogP contribution in [-0.2, 0) is 9.53 Å². The summed E-state index contributed by atoms with van der Waals surface area (Å²) in [4.78, 5) is 12.0. The predicted molar refractivity (Wildman–Crippen MR) is 87.0 cm³/mol. The summed E-state index contributed by atoms with van der Waals surface area (Å²) in [7, 11) is 0. The van der Waals surface area contributed by atoms with Gasteiger partial charge >= 0.3 is 0 Å². The largest absolute Gasteiger partial charge is 0.381 e. The lowest BCUT2D eigenvalue weighted by Crippen LogP contribution is -2.60. The van der Waals surface area contributed by atoms with Gasteiger partial charge in [0.05, 0.1) is 0 Å². The molecule has 3 N–H and O–H groups in total. The van der Waals surface area contributed by atoms with Crippen LogP contribution in [0.4, 0.5) is 0 Å². The van der Waals surface area contributed by atoms with Gasteiger partial charge in [0, 0.05) is 19.3 Å². The van der Waals surface area contributed by atoms with E-state index in [4.69, 9.17) is 10.5 Å². The van der Waals surface area contributed by atoms with E-state index in [1.54, 1.807) is 0 Å². The second-order valence-corrected chi connectivity index (χ2v) is 6.98. The van der Waals surface area contributed by atoms with Crippen LogP contribution in [-0.4, -0.2) is 30.7 Å². The van der Waals surface area contributed by atoms with E-state index < -0.39 is 5.54 Å². The van der Waals surface area contributed by atoms with Gasteiger partial charge in [0.25, 0.3) is 0 Å². The lowest BCUT2D eigenvalue weighted by molar-refractivity contribution is -0.126. The maximum absolute atomic E-state index is 12.0. The normalized spacial score (nSPS) is 27.2. The summed E-state index contributed by atoms with van der Waals surface area (Å²) in [5.41, 5.74) is 5.20. The first kappa shape index (κ1) is 18.4. The molecule has 4 nitrogen and oxygen atoms in total. The second-order valence-electron chi connectivity index (χ2n) is 6.98. The molecule has 4 heteroatoms. The first-order valence-electron chi connectivity index (χ1n) is 8.57. The topological polar surface area (TPSA) is 64.3 Å². The third-order valence-corrected chi connectivity index (χ3v) is 4.60. The highest BCUT2D eigenvalue weighted by atomic mass is 16.5. The summed E-state index contributed by atoms with van der Waals surface area (Å²) < 4.78 is 5.81. The van der Waals surface area contributed by atoms with Gasteiger partial charge in [-0.05, 0) is 51.4 Å². The first-order chi connectivity index (χ1) is 9.92. The smallest absolute Gasteiger partial charge is 0.238 e. The van der Waals surface area contributed by atoms with Crippen molar-refractivity contribution in [1.29, 1.82) is 0 Å². The Morgan fingerprint density at radius 2 is 2.14 bits per heavy atom. The standard InChI is InChI=1S/C17H34N2O2/c1-5-7-14(4)12-21-11-9-15-8-6-10-17(15,16(18)20)19-13(2)3/h13-15,19H,5-12H2,1-4H3,(H2,18,20). The van der Waals surface area contributed by atoms with Crippen LogP contribution in [0.2, 0.25) is 0 Å². The van der Waals surface area contributed by atoms with Crippen LogP contribution in [0.15, 0.2) is 0 Å². The quantitative estimate of drug-likeness (QED) is 0.610. The van der Waals surface area contributed by atoms with Crippen molar-refractivity contribution in [3.05, 3.63) is 0 Å². The Balaban J connectivity index is 2.46. The first-order valence-corrected chi connectivity index (χ1v) is 8.57. The molecule has 0 aromatic rings. The fourth-order valence-electron chi connectivity index (χ4n) is 3.66. The van der Waals surface area contributed by atoms with Gasteiger partial charge in [-0.2, -0.15) is 0 Å². The Morgan fingerprint density at radius 1 is 1.43 bits per heavy atom. The van der Waals surface area contributed by atoms with Crippen molar-refractivity contribution >= 4 is 5.91 Å². The molecule has 0 aromatic carbocycles. The summed E-state index contributed by atoms with van der Waals surface area (Å²) in [6.45, 7) is 10.1. The molecule has 0 radical (unpaired) electrons. The molecule has 0 spiro atoms. The lowest BCUT2D eigenvalue weighted by Gasteiger charge is -2.35. The van der Waals surface area contributed by atoms with E-state index in [1.807, 2.05) is 0 Å². The fraction of sp³-hybridized carbons (Fsp3) is 0.941. The highest BCUT2D eigenvalue weighted by Gasteiger charge is 2.47. The molecule has 3 unspecified atom stereocenters. The molecule has 3 atom stereocenters. The molecule has 0 aromatic heterocycles. The van der Waals surface area contributed by atoms with E-state index in [1.165, 1.54) is 12.8 Å². The van der Waals surface area contributed by atoms with Gasteiger partial charge in [-0.1, -0.05) is 26.7 Å². The van der Waals surface area contributed by atoms with Crippen LogP contribution >= 0.6 is 0 Å². The molecule has 0 aliphatic heterocycles. The van der Waals surface area contributed by atoms with Gasteiger partial charge in [0.2, 0.25) is 5.91 Å². The maximum atomic E-state index is 12.0. The number of ether oxygens (including phenoxy) is 1. The van der Waals surface area contributed by atoms with Gasteiger partial charge in [0.1, 0.15) is 5.54 Å². The van der Waals surface area contributed by atoms with Crippen molar-refractivity contribution in [2.45, 2.75) is 77.8 Å². The number of amides is 1. The molecule has 1 aliphatic carbocycles. The van der Waals surface area contributed by atoms with E-state index >= 15 is 0 Å². The minimum atomic E-state index is -0.521. The number of primary amides is 1. The monoisotopic (exact) mass is 298 g/mol. The van der Waals surface area contributed by atoms with Crippen molar-refractivity contribution in [1.82, 2.24) is 5.32 Å². The van der Waals surface area contributed by atoms with E-state index in [-0.39, 0.29) is 11.9 Å². The second kappa shape index (κ2) is 8.74. The molecule has 0 bridgehead atoms. The van der Waals surface area contributed by atoms with Crippen LogP contribution in [0.1, 0.15) is 66.2 Å². The maximum Gasteiger partial charge on any atom is 0.238 e. The molecule has 1 saturated carbocycles. The zero-order chi connectivity index (χ0) is 15.9. The number of rotatable bonds is 10. The summed E-state index contributed by atoms with van der Waals surface area (Å²) in [5.74, 6) is 0.727. The van der Waals surface area contributed by atoms with Crippen molar-refractivity contribution in [3.63, 3.8) is 0 Å². The minimum Gasteiger partial charge on any atom is -0.381 e. The van der Waals surface area contributed by atoms with Crippen LogP contribution in [0.5, 0.6) is 0 Å². The third kappa shape index (κ3) is 5.26. The third-order valence-electron chi connectivity index (χ3n) is 4.60. The van der Waals surface area contributed by atoms with Gasteiger partial charge in [-0.25, -0.2) is 0 Å². The number of carbonyl (C=O) groups excluding carboxylic acids is 1. The van der Waals surface area contributed by atoms with E-state index in [2.05, 4.69) is 33.0 Å². The minimum absolute atomic E-state index is 0.196. The average Bonchev–Trinajstić information content (AvgIpc) is 2.78. The Bertz CT molecular complexity index is 320. The number of carbonyl (C=O) groups is 1. The highest BCUT2D eigenvalue weighted by Crippen LogP contribution is 2.38. The number of hydrogen-bond donors (Lipinski definition) is 2. The van der Waals surface area contributed by atoms with Crippen molar-refractivity contribution < 1.29 is 9.53 Å². The summed E-state index contributed by atoms with van der Waals surface area (Å²) in [6.07, 6.45) is 6.33. The van der Waals surface area contributed by atoms with Crippen molar-refractivity contribution in [2.24, 2.45) is 17.6 Å². The zero-order valence-corrected chi connectivity index (χ0v) is 14.3. The summed E-state index contributed by atoms with van der Waals surface area (Å²) in [5, 5.41) is 3.44. The van der Waals surface area contributed by atoms with Crippen LogP contribution in [0, 0.1) is 11.8 Å². The van der Waals surface area contributed by atoms with Crippen LogP contribution in [0.3, 0.4) is 0 Å². The molecule has 21 heavy (non-hydrogen) atoms. The van der Waals surface area contributed by atoms with E-state index in [9.17, 15) is 4.79 Å². The Kier molecular flexibility index (Phi) is 7.67. The Labute approximate surface area is 130 Å². The Morgan fingerprint density at radius 3 is 2.71 bits per heavy atom. The average molecular weight is 298 g/mol. The van der Waals surface area contributed by atoms with E-state index in [0.29, 0.717) is 11.8 Å². The predicted octanol–water partition coefficient (Wildman–Crippen LogP) is 2.85. The molecular formula is C17H34N2O2. The van der Waals surface area contributed by atoms with Crippen LogP contribution in [0.25, 0.3) is 0 Å². The molecule has 1 amide bonds. The number of nitrogens with one attached hydrogen (secondary N) is 1. The number of nitrogens with two attached hydrogens (primary N) is 1. The molecule has 1 aliphatic rings. The molecule has 0 saturated heterocycles. The molecule has 1 rings (SSSR count). The van der Waals surface area contributed by atoms with Gasteiger partial charge < -0.3 is 15.8 Å². The molecular weight excluding hydrogens is 264 g/mol. The highest BCUT2D eigenvalue weighted by molar-refractivity contribution is 5.85. The van der Waals surface area contributed by atoms with Crippen molar-refractivity contribution in [2.75, 3.05) is 13.2 Å². The molecule has 1 fully saturated rings. The van der Waals surface area contributed by atoms with Gasteiger partial charge in [0.15, 0.2) is 0 Å². The lowest BCUT2D eigenvalue weighted by atomic mass is 9.83. The van der Waals surface area contributed by atoms with Crippen LogP contribution < -0.4 is 11.1 Å². The van der Waals surface area contributed by atoms with E-state index in [0.717, 1.165) is 38.9 Å². The van der Waals surface area contributed by atoms with Crippen molar-refractivity contribution in [3.8, 4) is 0 Å². The summed E-state index contributed by atoms with van der Waals surface area (Å²) >= 11 is 0. The van der Waals surface area contributed by atoms with Gasteiger partial charge in [-0.3, -0.25) is 4.79 Å².